The molecule has 0 saturated carbocycles. The van der Waals surface area contributed by atoms with Crippen molar-refractivity contribution in [2.45, 2.75) is 27.2 Å². The molecular formula is C12H20S. The van der Waals surface area contributed by atoms with E-state index in [9.17, 15) is 0 Å². The summed E-state index contributed by atoms with van der Waals surface area (Å²) >= 11 is 1.72. The normalized spacial score (nSPS) is 12.8. The average Bonchev–Trinajstić information content (AvgIpc) is 2.11. The number of rotatable bonds is 5. The molecule has 0 spiro atoms. The first-order valence-corrected chi connectivity index (χ1v) is 5.94. The highest BCUT2D eigenvalue weighted by molar-refractivity contribution is 8.02. The molecule has 13 heavy (non-hydrogen) atoms. The topological polar surface area (TPSA) is 0 Å². The minimum Gasteiger partial charge on any atom is -0.130 e. The van der Waals surface area contributed by atoms with Gasteiger partial charge in [0.05, 0.1) is 0 Å². The molecule has 0 nitrogen and oxygen atoms in total. The molecule has 0 aliphatic carbocycles. The van der Waals surface area contributed by atoms with Crippen molar-refractivity contribution in [3.05, 3.63) is 35.3 Å². The molecule has 0 saturated heterocycles. The van der Waals surface area contributed by atoms with Crippen LogP contribution in [0, 0.1) is 5.92 Å². The van der Waals surface area contributed by atoms with E-state index in [-0.39, 0.29) is 0 Å². The second kappa shape index (κ2) is 7.02. The van der Waals surface area contributed by atoms with Crippen molar-refractivity contribution in [1.82, 2.24) is 0 Å². The first-order chi connectivity index (χ1) is 6.11. The summed E-state index contributed by atoms with van der Waals surface area (Å²) in [5.41, 5.74) is 1.34. The Labute approximate surface area is 86.8 Å². The van der Waals surface area contributed by atoms with Crippen LogP contribution >= 0.6 is 11.8 Å². The first-order valence-electron chi connectivity index (χ1n) is 4.72. The standard InChI is InChI=1S/C12H20S/c1-6-12(11(4)13-5)9-7-8-10(2)3/h7-10H,4,6H2,1-3,5H3/b8-7-,12-9-. The zero-order valence-corrected chi connectivity index (χ0v) is 9.95. The van der Waals surface area contributed by atoms with Gasteiger partial charge >= 0.3 is 0 Å². The van der Waals surface area contributed by atoms with Crippen LogP contribution in [0.15, 0.2) is 35.3 Å². The van der Waals surface area contributed by atoms with Crippen LogP contribution in [-0.2, 0) is 0 Å². The van der Waals surface area contributed by atoms with Gasteiger partial charge in [-0.3, -0.25) is 0 Å². The summed E-state index contributed by atoms with van der Waals surface area (Å²) in [6.45, 7) is 10.5. The van der Waals surface area contributed by atoms with Crippen LogP contribution in [-0.4, -0.2) is 6.26 Å². The average molecular weight is 196 g/mol. The maximum absolute atomic E-state index is 4.00. The van der Waals surface area contributed by atoms with E-state index in [2.05, 4.69) is 51.8 Å². The van der Waals surface area contributed by atoms with Crippen molar-refractivity contribution in [3.8, 4) is 0 Å². The van der Waals surface area contributed by atoms with E-state index in [1.807, 2.05) is 0 Å². The summed E-state index contributed by atoms with van der Waals surface area (Å²) in [5.74, 6) is 0.622. The van der Waals surface area contributed by atoms with Crippen LogP contribution in [0.3, 0.4) is 0 Å². The minimum absolute atomic E-state index is 0.622. The van der Waals surface area contributed by atoms with E-state index < -0.39 is 0 Å². The third-order valence-electron chi connectivity index (χ3n) is 1.78. The summed E-state index contributed by atoms with van der Waals surface area (Å²) in [6, 6.07) is 0. The van der Waals surface area contributed by atoms with E-state index in [1.165, 1.54) is 10.5 Å². The lowest BCUT2D eigenvalue weighted by molar-refractivity contribution is 0.831. The predicted molar refractivity (Wildman–Crippen MR) is 65.0 cm³/mol. The number of hydrogen-bond donors (Lipinski definition) is 0. The Morgan fingerprint density at radius 1 is 1.46 bits per heavy atom. The van der Waals surface area contributed by atoms with Gasteiger partial charge in [-0.05, 0) is 24.2 Å². The monoisotopic (exact) mass is 196 g/mol. The van der Waals surface area contributed by atoms with Gasteiger partial charge in [-0.15, -0.1) is 11.8 Å². The van der Waals surface area contributed by atoms with E-state index in [0.717, 1.165) is 6.42 Å². The van der Waals surface area contributed by atoms with Gasteiger partial charge < -0.3 is 0 Å². The summed E-state index contributed by atoms with van der Waals surface area (Å²) in [5, 5.41) is 0. The van der Waals surface area contributed by atoms with Crippen LogP contribution in [0.5, 0.6) is 0 Å². The smallest absolute Gasteiger partial charge is 0.00291 e. The Morgan fingerprint density at radius 2 is 2.08 bits per heavy atom. The van der Waals surface area contributed by atoms with Gasteiger partial charge in [0.15, 0.2) is 0 Å². The lowest BCUT2D eigenvalue weighted by Crippen LogP contribution is -1.81. The predicted octanol–water partition coefficient (Wildman–Crippen LogP) is 4.41. The largest absolute Gasteiger partial charge is 0.130 e. The van der Waals surface area contributed by atoms with Crippen LogP contribution in [0.1, 0.15) is 27.2 Å². The van der Waals surface area contributed by atoms with Crippen LogP contribution in [0.2, 0.25) is 0 Å². The minimum atomic E-state index is 0.622. The van der Waals surface area contributed by atoms with E-state index >= 15 is 0 Å². The van der Waals surface area contributed by atoms with Crippen molar-refractivity contribution < 1.29 is 0 Å². The molecule has 1 heteroatoms. The maximum atomic E-state index is 4.00. The molecule has 0 aromatic heterocycles. The molecule has 0 fully saturated rings. The Balaban J connectivity index is 4.31. The zero-order valence-electron chi connectivity index (χ0n) is 9.13. The van der Waals surface area contributed by atoms with Gasteiger partial charge in [0.1, 0.15) is 0 Å². The number of allylic oxidation sites excluding steroid dienone is 4. The lowest BCUT2D eigenvalue weighted by atomic mass is 10.1. The molecule has 0 bridgehead atoms. The van der Waals surface area contributed by atoms with Gasteiger partial charge in [0.2, 0.25) is 0 Å². The molecule has 0 aromatic carbocycles. The van der Waals surface area contributed by atoms with Gasteiger partial charge in [0, 0.05) is 4.91 Å². The summed E-state index contributed by atoms with van der Waals surface area (Å²) in [4.78, 5) is 1.18. The fourth-order valence-electron chi connectivity index (χ4n) is 0.933. The second-order valence-electron chi connectivity index (χ2n) is 3.30. The van der Waals surface area contributed by atoms with Gasteiger partial charge in [0.25, 0.3) is 0 Å². The third kappa shape index (κ3) is 5.75. The van der Waals surface area contributed by atoms with E-state index in [4.69, 9.17) is 0 Å². The molecule has 0 amide bonds. The quantitative estimate of drug-likeness (QED) is 0.587. The highest BCUT2D eigenvalue weighted by Gasteiger charge is 1.96. The van der Waals surface area contributed by atoms with E-state index in [1.54, 1.807) is 11.8 Å². The van der Waals surface area contributed by atoms with Gasteiger partial charge in [-0.2, -0.15) is 0 Å². The summed E-state index contributed by atoms with van der Waals surface area (Å²) < 4.78 is 0. The number of hydrogen-bond acceptors (Lipinski definition) is 1. The zero-order chi connectivity index (χ0) is 10.3. The molecule has 0 rings (SSSR count). The lowest BCUT2D eigenvalue weighted by Gasteiger charge is -2.03. The van der Waals surface area contributed by atoms with Crippen molar-refractivity contribution in [3.63, 3.8) is 0 Å². The van der Waals surface area contributed by atoms with Crippen LogP contribution in [0.4, 0.5) is 0 Å². The molecule has 0 N–H and O–H groups in total. The van der Waals surface area contributed by atoms with Gasteiger partial charge in [-0.1, -0.05) is 45.6 Å². The molecule has 0 aromatic rings. The highest BCUT2D eigenvalue weighted by Crippen LogP contribution is 2.21. The Morgan fingerprint density at radius 3 is 2.46 bits per heavy atom. The highest BCUT2D eigenvalue weighted by atomic mass is 32.2. The molecule has 0 unspecified atom stereocenters. The fourth-order valence-corrected chi connectivity index (χ4v) is 1.41. The Bertz CT molecular complexity index is 209. The van der Waals surface area contributed by atoms with Crippen molar-refractivity contribution in [2.75, 3.05) is 6.26 Å². The van der Waals surface area contributed by atoms with Crippen molar-refractivity contribution in [1.29, 1.82) is 0 Å². The van der Waals surface area contributed by atoms with Crippen LogP contribution in [0.25, 0.3) is 0 Å². The molecular weight excluding hydrogens is 176 g/mol. The SMILES string of the molecule is C=C(SC)/C(=C\C=C/C(C)C)CC. The molecule has 0 radical (unpaired) electrons. The Hall–Kier alpha value is -0.430. The maximum Gasteiger partial charge on any atom is 0.00291 e. The summed E-state index contributed by atoms with van der Waals surface area (Å²) in [7, 11) is 0. The fraction of sp³-hybridized carbons (Fsp3) is 0.500. The second-order valence-corrected chi connectivity index (χ2v) is 4.20. The molecule has 0 aliphatic rings. The third-order valence-corrected chi connectivity index (χ3v) is 2.53. The van der Waals surface area contributed by atoms with Crippen LogP contribution < -0.4 is 0 Å². The van der Waals surface area contributed by atoms with Crippen molar-refractivity contribution in [2.24, 2.45) is 5.92 Å². The number of thioether (sulfide) groups is 1. The molecule has 0 atom stereocenters. The van der Waals surface area contributed by atoms with Gasteiger partial charge in [-0.25, -0.2) is 0 Å². The Kier molecular flexibility index (Phi) is 6.79. The first kappa shape index (κ1) is 12.6. The molecule has 0 aliphatic heterocycles. The van der Waals surface area contributed by atoms with Crippen molar-refractivity contribution >= 4 is 11.8 Å². The van der Waals surface area contributed by atoms with E-state index in [0.29, 0.717) is 5.92 Å². The molecule has 74 valence electrons. The molecule has 0 heterocycles. The summed E-state index contributed by atoms with van der Waals surface area (Å²) in [6.07, 6.45) is 9.62.